The summed E-state index contributed by atoms with van der Waals surface area (Å²) in [6, 6.07) is 9.47. The third-order valence-electron chi connectivity index (χ3n) is 2.05. The van der Waals surface area contributed by atoms with Gasteiger partial charge in [-0.3, -0.25) is 0 Å². The topological polar surface area (TPSA) is 63.4 Å². The molecule has 0 atom stereocenters. The summed E-state index contributed by atoms with van der Waals surface area (Å²) in [7, 11) is -3.17. The summed E-state index contributed by atoms with van der Waals surface area (Å²) in [6.07, 6.45) is 1.20. The lowest BCUT2D eigenvalue weighted by molar-refractivity contribution is 0.418. The Morgan fingerprint density at radius 1 is 1.27 bits per heavy atom. The van der Waals surface area contributed by atoms with Gasteiger partial charge in [-0.1, -0.05) is 30.3 Å². The quantitative estimate of drug-likeness (QED) is 0.793. The van der Waals surface area contributed by atoms with E-state index in [-0.39, 0.29) is 0 Å². The van der Waals surface area contributed by atoms with Gasteiger partial charge in [-0.15, -0.1) is 0 Å². The second kappa shape index (κ2) is 5.25. The average molecular weight is 228 g/mol. The van der Waals surface area contributed by atoms with Crippen LogP contribution in [0.1, 0.15) is 5.56 Å². The highest BCUT2D eigenvalue weighted by molar-refractivity contribution is 7.88. The van der Waals surface area contributed by atoms with Gasteiger partial charge in [0.1, 0.15) is 0 Å². The Morgan fingerprint density at radius 3 is 2.33 bits per heavy atom. The van der Waals surface area contributed by atoms with E-state index in [0.717, 1.165) is 5.56 Å². The summed E-state index contributed by atoms with van der Waals surface area (Å²) in [5.41, 5.74) is 6.34. The molecule has 4 nitrogen and oxygen atoms in total. The van der Waals surface area contributed by atoms with Crippen molar-refractivity contribution in [2.24, 2.45) is 5.73 Å². The molecule has 1 rings (SSSR count). The Hall–Kier alpha value is -0.910. The first kappa shape index (κ1) is 12.2. The van der Waals surface area contributed by atoms with Crippen LogP contribution < -0.4 is 5.73 Å². The monoisotopic (exact) mass is 228 g/mol. The average Bonchev–Trinajstić information content (AvgIpc) is 2.17. The fourth-order valence-corrected chi connectivity index (χ4v) is 2.11. The number of benzene rings is 1. The number of rotatable bonds is 5. The zero-order chi connectivity index (χ0) is 11.3. The van der Waals surface area contributed by atoms with Gasteiger partial charge < -0.3 is 5.73 Å². The number of nitrogens with two attached hydrogens (primary N) is 1. The van der Waals surface area contributed by atoms with E-state index >= 15 is 0 Å². The van der Waals surface area contributed by atoms with Crippen LogP contribution in [0.3, 0.4) is 0 Å². The molecule has 1 aromatic carbocycles. The Balaban J connectivity index is 2.76. The maximum atomic E-state index is 11.4. The molecule has 0 radical (unpaired) electrons. The van der Waals surface area contributed by atoms with Gasteiger partial charge in [0.15, 0.2) is 0 Å². The molecule has 0 amide bonds. The predicted molar refractivity (Wildman–Crippen MR) is 60.8 cm³/mol. The van der Waals surface area contributed by atoms with Gasteiger partial charge in [0, 0.05) is 19.6 Å². The van der Waals surface area contributed by atoms with Crippen LogP contribution in [0.25, 0.3) is 0 Å². The van der Waals surface area contributed by atoms with Crippen LogP contribution in [0.15, 0.2) is 30.3 Å². The fourth-order valence-electron chi connectivity index (χ4n) is 1.29. The molecule has 0 aliphatic heterocycles. The molecule has 0 aliphatic carbocycles. The minimum atomic E-state index is -3.17. The van der Waals surface area contributed by atoms with Gasteiger partial charge in [-0.2, -0.15) is 4.31 Å². The van der Waals surface area contributed by atoms with Crippen LogP contribution >= 0.6 is 0 Å². The lowest BCUT2D eigenvalue weighted by Gasteiger charge is -2.18. The molecular formula is C10H16N2O2S. The number of hydrogen-bond donors (Lipinski definition) is 1. The zero-order valence-electron chi connectivity index (χ0n) is 8.76. The third-order valence-corrected chi connectivity index (χ3v) is 3.30. The molecule has 0 fully saturated rings. The summed E-state index contributed by atoms with van der Waals surface area (Å²) in [5.74, 6) is 0. The van der Waals surface area contributed by atoms with Crippen LogP contribution in [0.5, 0.6) is 0 Å². The molecule has 1 aromatic rings. The lowest BCUT2D eigenvalue weighted by Crippen LogP contribution is -2.33. The van der Waals surface area contributed by atoms with Gasteiger partial charge in [0.25, 0.3) is 0 Å². The third kappa shape index (κ3) is 3.99. The zero-order valence-corrected chi connectivity index (χ0v) is 9.57. The number of hydrogen-bond acceptors (Lipinski definition) is 3. The highest BCUT2D eigenvalue weighted by Crippen LogP contribution is 2.07. The van der Waals surface area contributed by atoms with E-state index in [1.165, 1.54) is 10.6 Å². The van der Waals surface area contributed by atoms with E-state index in [9.17, 15) is 8.42 Å². The molecule has 15 heavy (non-hydrogen) atoms. The number of nitrogens with zero attached hydrogens (tertiary/aromatic N) is 1. The first-order valence-electron chi connectivity index (χ1n) is 4.73. The lowest BCUT2D eigenvalue weighted by atomic mass is 10.2. The second-order valence-corrected chi connectivity index (χ2v) is 5.35. The van der Waals surface area contributed by atoms with Crippen LogP contribution in [0.4, 0.5) is 0 Å². The smallest absolute Gasteiger partial charge is 0.211 e. The first-order chi connectivity index (χ1) is 7.04. The standard InChI is InChI=1S/C10H16N2O2S/c1-15(13,14)12(8-7-11)9-10-5-3-2-4-6-10/h2-6H,7-9,11H2,1H3. The predicted octanol–water partition coefficient (Wildman–Crippen LogP) is 0.407. The highest BCUT2D eigenvalue weighted by atomic mass is 32.2. The van der Waals surface area contributed by atoms with E-state index in [0.29, 0.717) is 19.6 Å². The van der Waals surface area contributed by atoms with Crippen molar-refractivity contribution < 1.29 is 8.42 Å². The molecule has 0 aliphatic rings. The molecule has 0 heterocycles. The summed E-state index contributed by atoms with van der Waals surface area (Å²) in [5, 5.41) is 0. The molecule has 5 heteroatoms. The Labute approximate surface area is 90.8 Å². The van der Waals surface area contributed by atoms with E-state index < -0.39 is 10.0 Å². The van der Waals surface area contributed by atoms with Gasteiger partial charge >= 0.3 is 0 Å². The summed E-state index contributed by atoms with van der Waals surface area (Å²) < 4.78 is 24.2. The molecule has 0 saturated heterocycles. The van der Waals surface area contributed by atoms with E-state index in [1.54, 1.807) is 0 Å². The molecule has 0 spiro atoms. The van der Waals surface area contributed by atoms with Gasteiger partial charge in [-0.25, -0.2) is 8.42 Å². The minimum Gasteiger partial charge on any atom is -0.329 e. The summed E-state index contributed by atoms with van der Waals surface area (Å²) in [4.78, 5) is 0. The van der Waals surface area contributed by atoms with Crippen LogP contribution in [-0.4, -0.2) is 32.1 Å². The first-order valence-corrected chi connectivity index (χ1v) is 6.58. The van der Waals surface area contributed by atoms with Crippen molar-refractivity contribution in [1.82, 2.24) is 4.31 Å². The van der Waals surface area contributed by atoms with Crippen molar-refractivity contribution >= 4 is 10.0 Å². The maximum absolute atomic E-state index is 11.4. The fraction of sp³-hybridized carbons (Fsp3) is 0.400. The maximum Gasteiger partial charge on any atom is 0.211 e. The van der Waals surface area contributed by atoms with Gasteiger partial charge in [0.05, 0.1) is 6.26 Å². The van der Waals surface area contributed by atoms with Crippen molar-refractivity contribution in [3.05, 3.63) is 35.9 Å². The molecule has 0 saturated carbocycles. The molecule has 84 valence electrons. The van der Waals surface area contributed by atoms with Crippen molar-refractivity contribution in [2.75, 3.05) is 19.3 Å². The normalized spacial score (nSPS) is 11.9. The highest BCUT2D eigenvalue weighted by Gasteiger charge is 2.15. The molecular weight excluding hydrogens is 212 g/mol. The van der Waals surface area contributed by atoms with E-state index in [2.05, 4.69) is 0 Å². The number of sulfonamides is 1. The molecule has 2 N–H and O–H groups in total. The van der Waals surface area contributed by atoms with E-state index in [1.807, 2.05) is 30.3 Å². The van der Waals surface area contributed by atoms with Crippen molar-refractivity contribution in [3.8, 4) is 0 Å². The van der Waals surface area contributed by atoms with Crippen LogP contribution in [0.2, 0.25) is 0 Å². The van der Waals surface area contributed by atoms with Gasteiger partial charge in [0.2, 0.25) is 10.0 Å². The largest absolute Gasteiger partial charge is 0.329 e. The van der Waals surface area contributed by atoms with E-state index in [4.69, 9.17) is 5.73 Å². The van der Waals surface area contributed by atoms with Crippen molar-refractivity contribution in [2.45, 2.75) is 6.54 Å². The van der Waals surface area contributed by atoms with Crippen LogP contribution in [-0.2, 0) is 16.6 Å². The summed E-state index contributed by atoms with van der Waals surface area (Å²) >= 11 is 0. The SMILES string of the molecule is CS(=O)(=O)N(CCN)Cc1ccccc1. The Morgan fingerprint density at radius 2 is 1.87 bits per heavy atom. The van der Waals surface area contributed by atoms with Crippen molar-refractivity contribution in [3.63, 3.8) is 0 Å². The second-order valence-electron chi connectivity index (χ2n) is 3.37. The summed E-state index contributed by atoms with van der Waals surface area (Å²) in [6.45, 7) is 1.07. The van der Waals surface area contributed by atoms with Gasteiger partial charge in [-0.05, 0) is 5.56 Å². The minimum absolute atomic E-state index is 0.333. The van der Waals surface area contributed by atoms with Crippen LogP contribution in [0, 0.1) is 0 Å². The Bertz CT molecular complexity index is 389. The Kier molecular flexibility index (Phi) is 4.26. The molecule has 0 aromatic heterocycles. The molecule has 0 bridgehead atoms. The van der Waals surface area contributed by atoms with Crippen molar-refractivity contribution in [1.29, 1.82) is 0 Å². The molecule has 0 unspecified atom stereocenters.